The van der Waals surface area contributed by atoms with Crippen LogP contribution in [0.25, 0.3) is 0 Å². The van der Waals surface area contributed by atoms with Crippen LogP contribution in [0.15, 0.2) is 12.3 Å². The van der Waals surface area contributed by atoms with Crippen molar-refractivity contribution in [3.8, 4) is 0 Å². The average Bonchev–Trinajstić information content (AvgIpc) is 2.44. The summed E-state index contributed by atoms with van der Waals surface area (Å²) >= 11 is 5.83. The second-order valence-corrected chi connectivity index (χ2v) is 6.54. The van der Waals surface area contributed by atoms with Gasteiger partial charge in [-0.2, -0.15) is 0 Å². The molecule has 1 amide bonds. The van der Waals surface area contributed by atoms with Crippen molar-refractivity contribution < 1.29 is 19.4 Å². The molecule has 0 bridgehead atoms. The first-order valence-electron chi connectivity index (χ1n) is 7.13. The molecule has 2 heterocycles. The van der Waals surface area contributed by atoms with Gasteiger partial charge in [0, 0.05) is 19.3 Å². The third-order valence-electron chi connectivity index (χ3n) is 3.18. The number of carboxylic acid groups (broad SMARTS) is 1. The Morgan fingerprint density at radius 3 is 2.65 bits per heavy atom. The molecule has 8 nitrogen and oxygen atoms in total. The van der Waals surface area contributed by atoms with Crippen LogP contribution in [0.3, 0.4) is 0 Å². The van der Waals surface area contributed by atoms with Gasteiger partial charge in [0.1, 0.15) is 16.8 Å². The number of aromatic nitrogens is 2. The van der Waals surface area contributed by atoms with Crippen molar-refractivity contribution >= 4 is 29.6 Å². The lowest BCUT2D eigenvalue weighted by Crippen LogP contribution is -2.59. The average molecular weight is 343 g/mol. The molecule has 0 aromatic carbocycles. The molecule has 126 valence electrons. The maximum absolute atomic E-state index is 12.1. The maximum Gasteiger partial charge on any atom is 0.410 e. The molecule has 0 radical (unpaired) electrons. The SMILES string of the molecule is CC(C)(C)OC(=O)N1CCN(c2nccc(Cl)n2)C(C(=O)O)C1. The van der Waals surface area contributed by atoms with Gasteiger partial charge in [-0.25, -0.2) is 19.6 Å². The number of piperazine rings is 1. The Kier molecular flexibility index (Phi) is 4.93. The summed E-state index contributed by atoms with van der Waals surface area (Å²) < 4.78 is 5.29. The zero-order valence-corrected chi connectivity index (χ0v) is 13.9. The van der Waals surface area contributed by atoms with Gasteiger partial charge < -0.3 is 19.6 Å². The molecular formula is C14H19ClN4O4. The summed E-state index contributed by atoms with van der Waals surface area (Å²) in [5.74, 6) is -0.837. The number of hydrogen-bond donors (Lipinski definition) is 1. The van der Waals surface area contributed by atoms with Crippen molar-refractivity contribution in [2.75, 3.05) is 24.5 Å². The number of hydrogen-bond acceptors (Lipinski definition) is 6. The van der Waals surface area contributed by atoms with E-state index in [0.29, 0.717) is 6.54 Å². The van der Waals surface area contributed by atoms with Crippen LogP contribution in [0.1, 0.15) is 20.8 Å². The molecule has 0 spiro atoms. The highest BCUT2D eigenvalue weighted by Gasteiger charge is 2.37. The minimum absolute atomic E-state index is 0.0138. The summed E-state index contributed by atoms with van der Waals surface area (Å²) in [5.41, 5.74) is -0.636. The van der Waals surface area contributed by atoms with Gasteiger partial charge in [-0.3, -0.25) is 0 Å². The van der Waals surface area contributed by atoms with E-state index in [-0.39, 0.29) is 24.2 Å². The van der Waals surface area contributed by atoms with Crippen LogP contribution in [0.4, 0.5) is 10.7 Å². The normalized spacial score (nSPS) is 18.7. The molecule has 9 heteroatoms. The van der Waals surface area contributed by atoms with Crippen molar-refractivity contribution in [2.45, 2.75) is 32.4 Å². The zero-order valence-electron chi connectivity index (χ0n) is 13.2. The summed E-state index contributed by atoms with van der Waals surface area (Å²) in [5, 5.41) is 9.69. The first kappa shape index (κ1) is 17.3. The van der Waals surface area contributed by atoms with Crippen molar-refractivity contribution in [1.29, 1.82) is 0 Å². The quantitative estimate of drug-likeness (QED) is 0.816. The van der Waals surface area contributed by atoms with Crippen LogP contribution in [-0.2, 0) is 9.53 Å². The van der Waals surface area contributed by atoms with E-state index in [1.807, 2.05) is 0 Å². The number of anilines is 1. The van der Waals surface area contributed by atoms with E-state index in [2.05, 4.69) is 9.97 Å². The minimum atomic E-state index is -1.07. The molecule has 2 rings (SSSR count). The summed E-state index contributed by atoms with van der Waals surface area (Å²) in [7, 11) is 0. The molecule has 0 aliphatic carbocycles. The van der Waals surface area contributed by atoms with Crippen molar-refractivity contribution in [3.63, 3.8) is 0 Å². The second kappa shape index (κ2) is 6.57. The number of nitrogens with zero attached hydrogens (tertiary/aromatic N) is 4. The van der Waals surface area contributed by atoms with E-state index in [0.717, 1.165) is 0 Å². The molecule has 0 saturated carbocycles. The van der Waals surface area contributed by atoms with E-state index >= 15 is 0 Å². The molecule has 1 aromatic heterocycles. The van der Waals surface area contributed by atoms with Gasteiger partial charge in [0.15, 0.2) is 0 Å². The van der Waals surface area contributed by atoms with Crippen LogP contribution in [0.2, 0.25) is 5.15 Å². The predicted octanol–water partition coefficient (Wildman–Crippen LogP) is 1.64. The molecule has 23 heavy (non-hydrogen) atoms. The fraction of sp³-hybridized carbons (Fsp3) is 0.571. The molecule has 1 fully saturated rings. The van der Waals surface area contributed by atoms with Crippen LogP contribution >= 0.6 is 11.6 Å². The molecule has 1 aliphatic heterocycles. The standard InChI is InChI=1S/C14H19ClN4O4/c1-14(2,3)23-13(22)18-6-7-19(9(8-18)11(20)21)12-16-5-4-10(15)17-12/h4-5,9H,6-8H2,1-3H3,(H,20,21). The summed E-state index contributed by atoms with van der Waals surface area (Å²) in [6.07, 6.45) is 0.930. The molecule has 1 aliphatic rings. The first-order valence-corrected chi connectivity index (χ1v) is 7.51. The predicted molar refractivity (Wildman–Crippen MR) is 83.6 cm³/mol. The van der Waals surface area contributed by atoms with E-state index in [4.69, 9.17) is 16.3 Å². The van der Waals surface area contributed by atoms with E-state index < -0.39 is 23.7 Å². The van der Waals surface area contributed by atoms with Gasteiger partial charge in [0.05, 0.1) is 6.54 Å². The number of amides is 1. The molecule has 1 saturated heterocycles. The highest BCUT2D eigenvalue weighted by molar-refractivity contribution is 6.29. The topological polar surface area (TPSA) is 95.9 Å². The molecule has 1 aromatic rings. The summed E-state index contributed by atoms with van der Waals surface area (Å²) in [4.78, 5) is 34.7. The largest absolute Gasteiger partial charge is 0.480 e. The Bertz CT molecular complexity index is 605. The molecule has 1 unspecified atom stereocenters. The number of halogens is 1. The highest BCUT2D eigenvalue weighted by atomic mass is 35.5. The minimum Gasteiger partial charge on any atom is -0.480 e. The Morgan fingerprint density at radius 2 is 2.09 bits per heavy atom. The lowest BCUT2D eigenvalue weighted by molar-refractivity contribution is -0.139. The number of aliphatic carboxylic acids is 1. The monoisotopic (exact) mass is 342 g/mol. The van der Waals surface area contributed by atoms with Crippen molar-refractivity contribution in [2.24, 2.45) is 0 Å². The Balaban J connectivity index is 2.15. The number of ether oxygens (including phenoxy) is 1. The maximum atomic E-state index is 12.1. The molecule has 1 atom stereocenters. The van der Waals surface area contributed by atoms with E-state index in [9.17, 15) is 14.7 Å². The van der Waals surface area contributed by atoms with Crippen LogP contribution in [-0.4, -0.2) is 63.3 Å². The van der Waals surface area contributed by atoms with Crippen molar-refractivity contribution in [1.82, 2.24) is 14.9 Å². The third kappa shape index (κ3) is 4.44. The fourth-order valence-corrected chi connectivity index (χ4v) is 2.32. The third-order valence-corrected chi connectivity index (χ3v) is 3.39. The van der Waals surface area contributed by atoms with Crippen LogP contribution in [0, 0.1) is 0 Å². The van der Waals surface area contributed by atoms with Gasteiger partial charge in [0.25, 0.3) is 0 Å². The van der Waals surface area contributed by atoms with Crippen molar-refractivity contribution in [3.05, 3.63) is 17.4 Å². The summed E-state index contributed by atoms with van der Waals surface area (Å²) in [6.45, 7) is 5.85. The van der Waals surface area contributed by atoms with Gasteiger partial charge in [-0.05, 0) is 26.8 Å². The Labute approximate surface area is 139 Å². The fourth-order valence-electron chi connectivity index (χ4n) is 2.19. The van der Waals surface area contributed by atoms with Crippen LogP contribution < -0.4 is 4.90 Å². The number of carbonyl (C=O) groups is 2. The van der Waals surface area contributed by atoms with E-state index in [1.165, 1.54) is 22.1 Å². The zero-order chi connectivity index (χ0) is 17.2. The van der Waals surface area contributed by atoms with Gasteiger partial charge in [-0.15, -0.1) is 0 Å². The lowest BCUT2D eigenvalue weighted by atomic mass is 10.1. The second-order valence-electron chi connectivity index (χ2n) is 6.15. The number of carboxylic acids is 1. The Hall–Kier alpha value is -2.09. The van der Waals surface area contributed by atoms with Gasteiger partial charge in [0.2, 0.25) is 5.95 Å². The van der Waals surface area contributed by atoms with Gasteiger partial charge in [-0.1, -0.05) is 11.6 Å². The molecular weight excluding hydrogens is 324 g/mol. The number of carbonyl (C=O) groups excluding carboxylic acids is 1. The summed E-state index contributed by atoms with van der Waals surface area (Å²) in [6, 6.07) is 0.548. The van der Waals surface area contributed by atoms with Gasteiger partial charge >= 0.3 is 12.1 Å². The van der Waals surface area contributed by atoms with E-state index in [1.54, 1.807) is 20.8 Å². The highest BCUT2D eigenvalue weighted by Crippen LogP contribution is 2.20. The van der Waals surface area contributed by atoms with Crippen LogP contribution in [0.5, 0.6) is 0 Å². The number of rotatable bonds is 2. The smallest absolute Gasteiger partial charge is 0.410 e. The lowest BCUT2D eigenvalue weighted by Gasteiger charge is -2.39. The Morgan fingerprint density at radius 1 is 1.39 bits per heavy atom. The molecule has 1 N–H and O–H groups in total. The first-order chi connectivity index (χ1) is 10.7.